The number of hydrogen-bond donors (Lipinski definition) is 1. The Morgan fingerprint density at radius 3 is 2.80 bits per heavy atom. The van der Waals surface area contributed by atoms with Gasteiger partial charge in [0.25, 0.3) is 0 Å². The lowest BCUT2D eigenvalue weighted by Crippen LogP contribution is -2.13. The molecule has 2 aromatic carbocycles. The van der Waals surface area contributed by atoms with E-state index in [4.69, 9.17) is 10.5 Å². The quantitative estimate of drug-likeness (QED) is 0.905. The van der Waals surface area contributed by atoms with Crippen LogP contribution >= 0.6 is 0 Å². The first-order valence-corrected chi connectivity index (χ1v) is 7.45. The maximum Gasteiger partial charge on any atom is 0.127 e. The molecular formula is C18H19NO. The summed E-state index contributed by atoms with van der Waals surface area (Å²) >= 11 is 0. The van der Waals surface area contributed by atoms with E-state index in [1.54, 1.807) is 0 Å². The number of fused-ring (bicyclic) bond motifs is 2. The average Bonchev–Trinajstić information content (AvgIpc) is 3.13. The van der Waals surface area contributed by atoms with Crippen molar-refractivity contribution in [3.63, 3.8) is 0 Å². The Kier molecular flexibility index (Phi) is 2.78. The van der Waals surface area contributed by atoms with E-state index < -0.39 is 0 Å². The molecule has 1 unspecified atom stereocenters. The van der Waals surface area contributed by atoms with Crippen molar-refractivity contribution in [3.05, 3.63) is 64.2 Å². The van der Waals surface area contributed by atoms with Crippen molar-refractivity contribution in [1.29, 1.82) is 0 Å². The van der Waals surface area contributed by atoms with E-state index in [1.165, 1.54) is 41.5 Å². The maximum atomic E-state index is 6.50. The molecule has 2 nitrogen and oxygen atoms in total. The van der Waals surface area contributed by atoms with Gasteiger partial charge in [-0.15, -0.1) is 0 Å². The molecule has 1 heterocycles. The van der Waals surface area contributed by atoms with Crippen molar-refractivity contribution in [1.82, 2.24) is 0 Å². The molecule has 1 aliphatic carbocycles. The molecule has 0 bridgehead atoms. The Hall–Kier alpha value is -1.80. The fourth-order valence-corrected chi connectivity index (χ4v) is 3.45. The van der Waals surface area contributed by atoms with Crippen molar-refractivity contribution < 1.29 is 4.74 Å². The summed E-state index contributed by atoms with van der Waals surface area (Å²) in [5, 5.41) is 0. The molecule has 0 aromatic heterocycles. The highest BCUT2D eigenvalue weighted by Gasteiger charge is 2.22. The number of nitrogens with two attached hydrogens (primary N) is 1. The number of aryl methyl sites for hydroxylation is 2. The molecule has 2 aliphatic rings. The van der Waals surface area contributed by atoms with Crippen LogP contribution in [0.2, 0.25) is 0 Å². The van der Waals surface area contributed by atoms with Crippen LogP contribution in [0.25, 0.3) is 0 Å². The lowest BCUT2D eigenvalue weighted by atomic mass is 9.94. The van der Waals surface area contributed by atoms with Gasteiger partial charge in [-0.05, 0) is 41.5 Å². The van der Waals surface area contributed by atoms with Gasteiger partial charge >= 0.3 is 0 Å². The molecule has 102 valence electrons. The molecule has 0 amide bonds. The zero-order valence-corrected chi connectivity index (χ0v) is 11.6. The lowest BCUT2D eigenvalue weighted by molar-refractivity contribution is 0.352. The minimum atomic E-state index is -0.0889. The minimum Gasteiger partial charge on any atom is -0.493 e. The standard InChI is InChI=1S/C18H19NO/c19-17(15-8-7-12-3-1-5-14(12)11-15)16-6-2-4-13-9-10-20-18(13)16/h2,4,6-8,11,17H,1,3,5,9-10,19H2. The third-order valence-electron chi connectivity index (χ3n) is 4.56. The fraction of sp³-hybridized carbons (Fsp3) is 0.333. The van der Waals surface area contributed by atoms with E-state index in [1.807, 2.05) is 0 Å². The van der Waals surface area contributed by atoms with E-state index >= 15 is 0 Å². The zero-order chi connectivity index (χ0) is 13.5. The molecule has 2 heteroatoms. The second-order valence-corrected chi connectivity index (χ2v) is 5.79. The minimum absolute atomic E-state index is 0.0889. The van der Waals surface area contributed by atoms with Crippen LogP contribution in [-0.2, 0) is 19.3 Å². The maximum absolute atomic E-state index is 6.50. The molecular weight excluding hydrogens is 246 g/mol. The van der Waals surface area contributed by atoms with Crippen LogP contribution < -0.4 is 10.5 Å². The number of benzene rings is 2. The monoisotopic (exact) mass is 265 g/mol. The molecule has 0 saturated carbocycles. The summed E-state index contributed by atoms with van der Waals surface area (Å²) in [6.45, 7) is 0.781. The predicted octanol–water partition coefficient (Wildman–Crippen LogP) is 3.16. The Morgan fingerprint density at radius 2 is 1.85 bits per heavy atom. The van der Waals surface area contributed by atoms with Gasteiger partial charge in [0.1, 0.15) is 5.75 Å². The highest BCUT2D eigenvalue weighted by Crippen LogP contribution is 2.36. The Bertz CT molecular complexity index is 662. The number of ether oxygens (including phenoxy) is 1. The molecule has 0 spiro atoms. The summed E-state index contributed by atoms with van der Waals surface area (Å²) in [6, 6.07) is 13.0. The number of hydrogen-bond acceptors (Lipinski definition) is 2. The van der Waals surface area contributed by atoms with Crippen molar-refractivity contribution in [2.45, 2.75) is 31.7 Å². The van der Waals surface area contributed by atoms with Gasteiger partial charge in [-0.2, -0.15) is 0 Å². The zero-order valence-electron chi connectivity index (χ0n) is 11.6. The van der Waals surface area contributed by atoms with Crippen LogP contribution in [0.4, 0.5) is 0 Å². The average molecular weight is 265 g/mol. The van der Waals surface area contributed by atoms with Crippen LogP contribution in [-0.4, -0.2) is 6.61 Å². The molecule has 0 saturated heterocycles. The first-order chi connectivity index (χ1) is 9.83. The second kappa shape index (κ2) is 4.64. The fourth-order valence-electron chi connectivity index (χ4n) is 3.45. The smallest absolute Gasteiger partial charge is 0.127 e. The molecule has 2 aromatic rings. The summed E-state index contributed by atoms with van der Waals surface area (Å²) in [6.07, 6.45) is 4.69. The molecule has 20 heavy (non-hydrogen) atoms. The Labute approximate surface area is 119 Å². The van der Waals surface area contributed by atoms with Crippen molar-refractivity contribution in [2.24, 2.45) is 5.73 Å². The van der Waals surface area contributed by atoms with E-state index in [9.17, 15) is 0 Å². The van der Waals surface area contributed by atoms with E-state index in [2.05, 4.69) is 36.4 Å². The molecule has 4 rings (SSSR count). The van der Waals surface area contributed by atoms with Gasteiger partial charge in [-0.25, -0.2) is 0 Å². The summed E-state index contributed by atoms with van der Waals surface area (Å²) in [4.78, 5) is 0. The summed E-state index contributed by atoms with van der Waals surface area (Å²) in [5.41, 5.74) is 13.1. The van der Waals surface area contributed by atoms with Gasteiger partial charge in [0, 0.05) is 12.0 Å². The van der Waals surface area contributed by atoms with E-state index in [0.29, 0.717) is 0 Å². The van der Waals surface area contributed by atoms with E-state index in [0.717, 1.165) is 24.3 Å². The largest absolute Gasteiger partial charge is 0.493 e. The van der Waals surface area contributed by atoms with Crippen LogP contribution in [0, 0.1) is 0 Å². The Morgan fingerprint density at radius 1 is 0.950 bits per heavy atom. The second-order valence-electron chi connectivity index (χ2n) is 5.79. The number of rotatable bonds is 2. The van der Waals surface area contributed by atoms with Gasteiger partial charge < -0.3 is 10.5 Å². The normalized spacial score (nSPS) is 17.4. The van der Waals surface area contributed by atoms with Crippen LogP contribution in [0.3, 0.4) is 0 Å². The molecule has 0 radical (unpaired) electrons. The van der Waals surface area contributed by atoms with Crippen molar-refractivity contribution >= 4 is 0 Å². The lowest BCUT2D eigenvalue weighted by Gasteiger charge is -2.17. The summed E-state index contributed by atoms with van der Waals surface area (Å²) in [5.74, 6) is 1.01. The highest BCUT2D eigenvalue weighted by molar-refractivity contribution is 5.49. The topological polar surface area (TPSA) is 35.2 Å². The highest BCUT2D eigenvalue weighted by atomic mass is 16.5. The predicted molar refractivity (Wildman–Crippen MR) is 80.1 cm³/mol. The number of para-hydroxylation sites is 1. The molecule has 1 aliphatic heterocycles. The Balaban J connectivity index is 1.74. The third kappa shape index (κ3) is 1.83. The van der Waals surface area contributed by atoms with Crippen LogP contribution in [0.5, 0.6) is 5.75 Å². The summed E-state index contributed by atoms with van der Waals surface area (Å²) in [7, 11) is 0. The first-order valence-electron chi connectivity index (χ1n) is 7.45. The van der Waals surface area contributed by atoms with Crippen molar-refractivity contribution in [2.75, 3.05) is 6.61 Å². The SMILES string of the molecule is NC(c1ccc2c(c1)CCC2)c1cccc2c1OCC2. The third-order valence-corrected chi connectivity index (χ3v) is 4.56. The van der Waals surface area contributed by atoms with Crippen molar-refractivity contribution in [3.8, 4) is 5.75 Å². The molecule has 1 atom stereocenters. The van der Waals surface area contributed by atoms with Gasteiger partial charge in [0.2, 0.25) is 0 Å². The molecule has 2 N–H and O–H groups in total. The van der Waals surface area contributed by atoms with Gasteiger partial charge in [0.15, 0.2) is 0 Å². The molecule has 0 fully saturated rings. The van der Waals surface area contributed by atoms with Gasteiger partial charge in [0.05, 0.1) is 12.6 Å². The first kappa shape index (κ1) is 12.0. The van der Waals surface area contributed by atoms with Crippen LogP contribution in [0.1, 0.15) is 40.3 Å². The van der Waals surface area contributed by atoms with Gasteiger partial charge in [-0.3, -0.25) is 0 Å². The van der Waals surface area contributed by atoms with E-state index in [-0.39, 0.29) is 6.04 Å². The summed E-state index contributed by atoms with van der Waals surface area (Å²) < 4.78 is 5.78. The van der Waals surface area contributed by atoms with Crippen LogP contribution in [0.15, 0.2) is 36.4 Å². The van der Waals surface area contributed by atoms with Gasteiger partial charge in [-0.1, -0.05) is 36.4 Å².